The summed E-state index contributed by atoms with van der Waals surface area (Å²) in [4.78, 5) is 12.4. The molecule has 0 fully saturated rings. The molecule has 0 unspecified atom stereocenters. The average Bonchev–Trinajstić information content (AvgIpc) is 3.10. The number of benzene rings is 2. The van der Waals surface area contributed by atoms with Gasteiger partial charge in [0.15, 0.2) is 5.82 Å². The number of carbonyl (C=O) groups is 1. The van der Waals surface area contributed by atoms with Crippen molar-refractivity contribution in [2.75, 3.05) is 11.9 Å². The topological polar surface area (TPSA) is 95.2 Å². The van der Waals surface area contributed by atoms with Gasteiger partial charge in [0.05, 0.1) is 5.75 Å². The molecule has 0 saturated carbocycles. The van der Waals surface area contributed by atoms with E-state index >= 15 is 0 Å². The SMILES string of the molecule is O=C(Nc1n[nH]c2c1CN(S(=O)(=O)Cc1ccccc1)CC2)c1cccc(F)c1. The number of aromatic nitrogens is 2. The van der Waals surface area contributed by atoms with Gasteiger partial charge < -0.3 is 5.32 Å². The van der Waals surface area contributed by atoms with Crippen molar-refractivity contribution in [2.45, 2.75) is 18.7 Å². The number of amides is 1. The van der Waals surface area contributed by atoms with E-state index in [0.717, 1.165) is 11.8 Å². The Bertz CT molecular complexity index is 1150. The molecule has 3 aromatic rings. The fraction of sp³-hybridized carbons (Fsp3) is 0.200. The highest BCUT2D eigenvalue weighted by Crippen LogP contribution is 2.27. The van der Waals surface area contributed by atoms with Crippen LogP contribution in [0, 0.1) is 5.82 Å². The molecule has 4 rings (SSSR count). The molecule has 1 aromatic heterocycles. The summed E-state index contributed by atoms with van der Waals surface area (Å²) >= 11 is 0. The molecule has 0 bridgehead atoms. The molecule has 1 aliphatic heterocycles. The zero-order chi connectivity index (χ0) is 20.4. The van der Waals surface area contributed by atoms with Gasteiger partial charge in [-0.25, -0.2) is 12.8 Å². The first kappa shape index (κ1) is 19.3. The Kier molecular flexibility index (Phi) is 5.16. The van der Waals surface area contributed by atoms with Crippen LogP contribution in [-0.2, 0) is 28.7 Å². The van der Waals surface area contributed by atoms with E-state index in [1.54, 1.807) is 24.3 Å². The molecule has 9 heteroatoms. The summed E-state index contributed by atoms with van der Waals surface area (Å²) in [6.07, 6.45) is 0.464. The average molecular weight is 414 g/mol. The fourth-order valence-electron chi connectivity index (χ4n) is 3.30. The predicted molar refractivity (Wildman–Crippen MR) is 106 cm³/mol. The zero-order valence-corrected chi connectivity index (χ0v) is 16.2. The summed E-state index contributed by atoms with van der Waals surface area (Å²) in [6.45, 7) is 0.446. The van der Waals surface area contributed by atoms with Crippen molar-refractivity contribution < 1.29 is 17.6 Å². The number of anilines is 1. The molecule has 150 valence electrons. The van der Waals surface area contributed by atoms with E-state index in [4.69, 9.17) is 0 Å². The highest BCUT2D eigenvalue weighted by atomic mass is 32.2. The quantitative estimate of drug-likeness (QED) is 0.671. The zero-order valence-electron chi connectivity index (χ0n) is 15.4. The summed E-state index contributed by atoms with van der Waals surface area (Å²) in [5.74, 6) is -0.858. The first-order valence-corrected chi connectivity index (χ1v) is 10.7. The van der Waals surface area contributed by atoms with Gasteiger partial charge in [-0.3, -0.25) is 9.89 Å². The van der Waals surface area contributed by atoms with Crippen molar-refractivity contribution >= 4 is 21.7 Å². The van der Waals surface area contributed by atoms with Crippen LogP contribution in [-0.4, -0.2) is 35.4 Å². The van der Waals surface area contributed by atoms with E-state index in [2.05, 4.69) is 15.5 Å². The van der Waals surface area contributed by atoms with Crippen LogP contribution in [0.15, 0.2) is 54.6 Å². The van der Waals surface area contributed by atoms with Gasteiger partial charge in [0, 0.05) is 36.3 Å². The van der Waals surface area contributed by atoms with Gasteiger partial charge in [-0.2, -0.15) is 9.40 Å². The Hall–Kier alpha value is -3.04. The highest BCUT2D eigenvalue weighted by molar-refractivity contribution is 7.88. The normalized spacial score (nSPS) is 14.4. The van der Waals surface area contributed by atoms with Crippen LogP contribution >= 0.6 is 0 Å². The van der Waals surface area contributed by atoms with E-state index in [1.165, 1.54) is 22.5 Å². The second-order valence-corrected chi connectivity index (χ2v) is 8.79. The molecule has 0 aliphatic carbocycles. The third kappa shape index (κ3) is 4.20. The van der Waals surface area contributed by atoms with Gasteiger partial charge in [0.25, 0.3) is 5.91 Å². The van der Waals surface area contributed by atoms with Crippen LogP contribution in [0.2, 0.25) is 0 Å². The summed E-state index contributed by atoms with van der Waals surface area (Å²) in [5.41, 5.74) is 2.28. The van der Waals surface area contributed by atoms with Crippen LogP contribution in [0.1, 0.15) is 27.2 Å². The first-order chi connectivity index (χ1) is 13.9. The minimum Gasteiger partial charge on any atom is -0.305 e. The van der Waals surface area contributed by atoms with Gasteiger partial charge >= 0.3 is 0 Å². The smallest absolute Gasteiger partial charge is 0.256 e. The van der Waals surface area contributed by atoms with Crippen molar-refractivity contribution in [3.05, 3.63) is 82.8 Å². The minimum absolute atomic E-state index is 0.0913. The van der Waals surface area contributed by atoms with Crippen LogP contribution in [0.4, 0.5) is 10.2 Å². The number of H-pyrrole nitrogens is 1. The van der Waals surface area contributed by atoms with E-state index in [0.29, 0.717) is 24.1 Å². The molecular weight excluding hydrogens is 395 g/mol. The van der Waals surface area contributed by atoms with Crippen LogP contribution in [0.5, 0.6) is 0 Å². The molecule has 0 spiro atoms. The van der Waals surface area contributed by atoms with Crippen molar-refractivity contribution in [1.82, 2.24) is 14.5 Å². The number of hydrogen-bond donors (Lipinski definition) is 2. The lowest BCUT2D eigenvalue weighted by Gasteiger charge is -2.26. The summed E-state index contributed by atoms with van der Waals surface area (Å²) < 4.78 is 40.5. The van der Waals surface area contributed by atoms with Gasteiger partial charge in [-0.15, -0.1) is 0 Å². The van der Waals surface area contributed by atoms with Gasteiger partial charge in [0.1, 0.15) is 5.82 Å². The Morgan fingerprint density at radius 1 is 1.17 bits per heavy atom. The number of nitrogens with one attached hydrogen (secondary N) is 2. The summed E-state index contributed by atoms with van der Waals surface area (Å²) in [7, 11) is -3.53. The number of nitrogens with zero attached hydrogens (tertiary/aromatic N) is 2. The Morgan fingerprint density at radius 2 is 1.97 bits per heavy atom. The molecule has 1 amide bonds. The first-order valence-electron chi connectivity index (χ1n) is 9.07. The van der Waals surface area contributed by atoms with E-state index in [-0.39, 0.29) is 23.7 Å². The molecular formula is C20H19FN4O3S. The summed E-state index contributed by atoms with van der Waals surface area (Å²) in [5, 5.41) is 9.62. The highest BCUT2D eigenvalue weighted by Gasteiger charge is 2.30. The molecule has 2 N–H and O–H groups in total. The van der Waals surface area contributed by atoms with Crippen molar-refractivity contribution in [2.24, 2.45) is 0 Å². The van der Waals surface area contributed by atoms with Gasteiger partial charge in [-0.1, -0.05) is 36.4 Å². The Balaban J connectivity index is 1.52. The molecule has 2 heterocycles. The number of sulfonamides is 1. The number of rotatable bonds is 5. The standard InChI is InChI=1S/C20H19FN4O3S/c21-16-8-4-7-15(11-16)20(26)22-19-17-12-25(10-9-18(17)23-24-19)29(27,28)13-14-5-2-1-3-6-14/h1-8,11H,9-10,12-13H2,(H2,22,23,24,26). The maximum atomic E-state index is 13.4. The second-order valence-electron chi connectivity index (χ2n) is 6.82. The molecule has 1 aliphatic rings. The molecule has 0 radical (unpaired) electrons. The van der Waals surface area contributed by atoms with Crippen LogP contribution < -0.4 is 5.32 Å². The predicted octanol–water partition coefficient (Wildman–Crippen LogP) is 2.69. The third-order valence-corrected chi connectivity index (χ3v) is 6.60. The van der Waals surface area contributed by atoms with Crippen LogP contribution in [0.3, 0.4) is 0 Å². The number of halogens is 1. The largest absolute Gasteiger partial charge is 0.305 e. The van der Waals surface area contributed by atoms with Crippen molar-refractivity contribution in [1.29, 1.82) is 0 Å². The van der Waals surface area contributed by atoms with Crippen molar-refractivity contribution in [3.63, 3.8) is 0 Å². The number of hydrogen-bond acceptors (Lipinski definition) is 4. The molecule has 29 heavy (non-hydrogen) atoms. The van der Waals surface area contributed by atoms with Crippen molar-refractivity contribution in [3.8, 4) is 0 Å². The number of fused-ring (bicyclic) bond motifs is 1. The summed E-state index contributed by atoms with van der Waals surface area (Å²) in [6, 6.07) is 14.3. The fourth-order valence-corrected chi connectivity index (χ4v) is 4.79. The van der Waals surface area contributed by atoms with Gasteiger partial charge in [0.2, 0.25) is 10.0 Å². The monoisotopic (exact) mass is 414 g/mol. The lowest BCUT2D eigenvalue weighted by molar-refractivity contribution is 0.102. The maximum Gasteiger partial charge on any atom is 0.256 e. The molecule has 2 aromatic carbocycles. The lowest BCUT2D eigenvalue weighted by Crippen LogP contribution is -2.36. The molecule has 0 atom stereocenters. The molecule has 7 nitrogen and oxygen atoms in total. The van der Waals surface area contributed by atoms with E-state index < -0.39 is 21.7 Å². The van der Waals surface area contributed by atoms with E-state index in [1.807, 2.05) is 6.07 Å². The number of aromatic amines is 1. The maximum absolute atomic E-state index is 13.4. The van der Waals surface area contributed by atoms with Gasteiger partial charge in [-0.05, 0) is 23.8 Å². The van der Waals surface area contributed by atoms with E-state index in [9.17, 15) is 17.6 Å². The Morgan fingerprint density at radius 3 is 2.72 bits per heavy atom. The van der Waals surface area contributed by atoms with Crippen LogP contribution in [0.25, 0.3) is 0 Å². The lowest BCUT2D eigenvalue weighted by atomic mass is 10.1. The third-order valence-electron chi connectivity index (χ3n) is 4.80. The molecule has 0 saturated heterocycles. The minimum atomic E-state index is -3.53. The number of carbonyl (C=O) groups excluding carboxylic acids is 1. The second kappa shape index (κ2) is 7.76. The Labute approximate surface area is 167 Å².